The second-order valence-corrected chi connectivity index (χ2v) is 8.74. The molecule has 0 unspecified atom stereocenters. The summed E-state index contributed by atoms with van der Waals surface area (Å²) >= 11 is 2.30. The minimum atomic E-state index is -0.379. The van der Waals surface area contributed by atoms with Crippen molar-refractivity contribution >= 4 is 34.7 Å². The highest BCUT2D eigenvalue weighted by molar-refractivity contribution is 14.1. The van der Waals surface area contributed by atoms with E-state index in [1.54, 1.807) is 0 Å². The van der Waals surface area contributed by atoms with Gasteiger partial charge in [-0.1, -0.05) is 65.5 Å². The molecule has 0 spiro atoms. The first-order valence-corrected chi connectivity index (χ1v) is 10.7. The second-order valence-electron chi connectivity index (χ2n) is 7.14. The summed E-state index contributed by atoms with van der Waals surface area (Å²) in [5.41, 5.74) is 2.32. The van der Waals surface area contributed by atoms with Gasteiger partial charge in [0, 0.05) is 9.84 Å². The van der Waals surface area contributed by atoms with Crippen molar-refractivity contribution in [2.75, 3.05) is 6.61 Å². The van der Waals surface area contributed by atoms with Gasteiger partial charge < -0.3 is 9.84 Å². The zero-order chi connectivity index (χ0) is 20.2. The summed E-state index contributed by atoms with van der Waals surface area (Å²) in [5, 5.41) is 8.87. The molecular formula is C22H31IO4. The Labute approximate surface area is 176 Å². The number of alkyl halides is 1. The van der Waals surface area contributed by atoms with Gasteiger partial charge in [0.2, 0.25) is 0 Å². The van der Waals surface area contributed by atoms with E-state index in [-0.39, 0.29) is 28.3 Å². The van der Waals surface area contributed by atoms with Gasteiger partial charge in [-0.25, -0.2) is 0 Å². The van der Waals surface area contributed by atoms with Crippen LogP contribution in [0, 0.1) is 5.92 Å². The third-order valence-corrected chi connectivity index (χ3v) is 5.65. The number of carbonyl (C=O) groups excluding carboxylic acids is 2. The van der Waals surface area contributed by atoms with Crippen LogP contribution in [0.2, 0.25) is 0 Å². The van der Waals surface area contributed by atoms with Gasteiger partial charge in [0.15, 0.2) is 17.8 Å². The average molecular weight is 486 g/mol. The van der Waals surface area contributed by atoms with E-state index in [2.05, 4.69) is 41.7 Å². The molecule has 0 aromatic carbocycles. The van der Waals surface area contributed by atoms with Crippen molar-refractivity contribution < 1.29 is 19.4 Å². The smallest absolute Gasteiger partial charge is 0.184 e. The Morgan fingerprint density at radius 3 is 2.78 bits per heavy atom. The zero-order valence-corrected chi connectivity index (χ0v) is 18.6. The van der Waals surface area contributed by atoms with Crippen LogP contribution >= 0.6 is 22.6 Å². The fourth-order valence-corrected chi connectivity index (χ4v) is 3.82. The number of hydrogen-bond acceptors (Lipinski definition) is 4. The first-order chi connectivity index (χ1) is 12.9. The number of aliphatic hydroxyl groups is 1. The Hall–Kier alpha value is -1.21. The fraction of sp³-hybridized carbons (Fsp3) is 0.545. The van der Waals surface area contributed by atoms with Crippen LogP contribution in [-0.4, -0.2) is 33.8 Å². The Morgan fingerprint density at radius 2 is 2.11 bits per heavy atom. The van der Waals surface area contributed by atoms with E-state index in [0.29, 0.717) is 5.76 Å². The summed E-state index contributed by atoms with van der Waals surface area (Å²) in [5.74, 6) is 0.293. The summed E-state index contributed by atoms with van der Waals surface area (Å²) in [6.07, 6.45) is 15.6. The highest BCUT2D eigenvalue weighted by Crippen LogP contribution is 2.25. The quantitative estimate of drug-likeness (QED) is 0.196. The van der Waals surface area contributed by atoms with E-state index in [4.69, 9.17) is 9.84 Å². The van der Waals surface area contributed by atoms with Gasteiger partial charge in [-0.05, 0) is 51.5 Å². The molecule has 0 saturated heterocycles. The number of carbonyl (C=O) groups is 2. The van der Waals surface area contributed by atoms with Gasteiger partial charge in [0.05, 0.1) is 6.10 Å². The molecule has 0 aromatic rings. The maximum absolute atomic E-state index is 11.4. The molecule has 0 saturated carbocycles. The molecule has 0 fully saturated rings. The Kier molecular flexibility index (Phi) is 11.5. The number of halogens is 1. The van der Waals surface area contributed by atoms with E-state index >= 15 is 0 Å². The predicted octanol–water partition coefficient (Wildman–Crippen LogP) is 4.87. The number of ether oxygens (including phenoxy) is 1. The van der Waals surface area contributed by atoms with Crippen LogP contribution in [0.4, 0.5) is 0 Å². The van der Waals surface area contributed by atoms with E-state index in [1.165, 1.54) is 5.57 Å². The number of hydrogen-bond donors (Lipinski definition) is 1. The van der Waals surface area contributed by atoms with Crippen molar-refractivity contribution in [2.45, 2.75) is 62.9 Å². The number of ketones is 1. The van der Waals surface area contributed by atoms with Crippen LogP contribution < -0.4 is 0 Å². The molecule has 1 heterocycles. The van der Waals surface area contributed by atoms with Crippen molar-refractivity contribution in [1.29, 1.82) is 0 Å². The summed E-state index contributed by atoms with van der Waals surface area (Å²) in [7, 11) is 0. The largest absolute Gasteiger partial charge is 0.487 e. The minimum Gasteiger partial charge on any atom is -0.487 e. The van der Waals surface area contributed by atoms with Crippen LogP contribution in [0.3, 0.4) is 0 Å². The number of aldehydes is 1. The summed E-state index contributed by atoms with van der Waals surface area (Å²) in [4.78, 5) is 22.4. The van der Waals surface area contributed by atoms with E-state index in [1.807, 2.05) is 32.1 Å². The van der Waals surface area contributed by atoms with Gasteiger partial charge in [0.25, 0.3) is 0 Å². The number of allylic oxidation sites excluding steroid dienone is 8. The summed E-state index contributed by atoms with van der Waals surface area (Å²) in [6.45, 7) is 5.53. The standard InChI is InChI=1S/C22H31IO4/c1-16(9-11-20-12-10-17(2)22(15-25)27-20)7-5-4-6-8-19(23)13-18(3)21(26)14-24/h4-8,15,18-20,24H,9-14H2,1-3H3/b5-4+,8-6+,16-7+/t18-,19-,20-/m1/s1. The summed E-state index contributed by atoms with van der Waals surface area (Å²) < 4.78 is 6.00. The van der Waals surface area contributed by atoms with Gasteiger partial charge >= 0.3 is 0 Å². The minimum absolute atomic E-state index is 0.105. The van der Waals surface area contributed by atoms with Crippen LogP contribution in [-0.2, 0) is 14.3 Å². The van der Waals surface area contributed by atoms with Crippen molar-refractivity contribution in [2.24, 2.45) is 5.92 Å². The Morgan fingerprint density at radius 1 is 1.37 bits per heavy atom. The number of aliphatic hydroxyl groups excluding tert-OH is 1. The van der Waals surface area contributed by atoms with E-state index in [9.17, 15) is 9.59 Å². The molecule has 3 atom stereocenters. The molecule has 0 radical (unpaired) electrons. The topological polar surface area (TPSA) is 63.6 Å². The Bertz CT molecular complexity index is 616. The molecule has 0 bridgehead atoms. The van der Waals surface area contributed by atoms with Crippen LogP contribution in [0.5, 0.6) is 0 Å². The SMILES string of the molecule is CC1=C(C=O)O[C@H](CC/C(C)=C/C=C/C=C/[C@@H](I)C[C@@H](C)C(=O)CO)CC1. The molecule has 1 aliphatic rings. The third kappa shape index (κ3) is 9.51. The van der Waals surface area contributed by atoms with Crippen LogP contribution in [0.1, 0.15) is 52.9 Å². The van der Waals surface area contributed by atoms with E-state index < -0.39 is 0 Å². The highest BCUT2D eigenvalue weighted by Gasteiger charge is 2.19. The van der Waals surface area contributed by atoms with E-state index in [0.717, 1.165) is 44.0 Å². The lowest BCUT2D eigenvalue weighted by molar-refractivity contribution is -0.125. The van der Waals surface area contributed by atoms with Gasteiger partial charge in [0.1, 0.15) is 6.61 Å². The number of rotatable bonds is 11. The monoisotopic (exact) mass is 486 g/mol. The molecule has 1 aliphatic heterocycles. The fourth-order valence-electron chi connectivity index (χ4n) is 2.82. The molecule has 0 amide bonds. The van der Waals surface area contributed by atoms with Crippen molar-refractivity contribution in [3.63, 3.8) is 0 Å². The predicted molar refractivity (Wildman–Crippen MR) is 118 cm³/mol. The van der Waals surface area contributed by atoms with Crippen molar-refractivity contribution in [1.82, 2.24) is 0 Å². The average Bonchev–Trinajstić information content (AvgIpc) is 2.66. The van der Waals surface area contributed by atoms with Gasteiger partial charge in [-0.2, -0.15) is 0 Å². The molecule has 4 nitrogen and oxygen atoms in total. The highest BCUT2D eigenvalue weighted by atomic mass is 127. The molecule has 0 aliphatic carbocycles. The van der Waals surface area contributed by atoms with Gasteiger partial charge in [-0.15, -0.1) is 0 Å². The lowest BCUT2D eigenvalue weighted by Crippen LogP contribution is -2.19. The lowest BCUT2D eigenvalue weighted by atomic mass is 9.99. The van der Waals surface area contributed by atoms with Crippen molar-refractivity contribution in [3.05, 3.63) is 47.3 Å². The molecule has 1 N–H and O–H groups in total. The normalized spacial score (nSPS) is 20.8. The zero-order valence-electron chi connectivity index (χ0n) is 16.5. The van der Waals surface area contributed by atoms with Crippen molar-refractivity contribution in [3.8, 4) is 0 Å². The van der Waals surface area contributed by atoms with Gasteiger partial charge in [-0.3, -0.25) is 9.59 Å². The molecule has 5 heteroatoms. The summed E-state index contributed by atoms with van der Waals surface area (Å²) in [6, 6.07) is 0. The number of Topliss-reactive ketones (excluding diaryl/α,β-unsaturated/α-hetero) is 1. The third-order valence-electron chi connectivity index (χ3n) is 4.73. The van der Waals surface area contributed by atoms with Crippen LogP contribution in [0.25, 0.3) is 0 Å². The first kappa shape index (κ1) is 23.8. The Balaban J connectivity index is 2.35. The first-order valence-electron chi connectivity index (χ1n) is 9.47. The molecule has 1 rings (SSSR count). The molecule has 150 valence electrons. The molecule has 27 heavy (non-hydrogen) atoms. The maximum atomic E-state index is 11.4. The second kappa shape index (κ2) is 13.0. The lowest BCUT2D eigenvalue weighted by Gasteiger charge is -2.25. The maximum Gasteiger partial charge on any atom is 0.184 e. The molecular weight excluding hydrogens is 455 g/mol. The van der Waals surface area contributed by atoms with Crippen LogP contribution in [0.15, 0.2) is 47.3 Å². The molecule has 0 aromatic heterocycles.